The van der Waals surface area contributed by atoms with Crippen molar-refractivity contribution in [2.45, 2.75) is 63.5 Å². The molecule has 6 nitrogen and oxygen atoms in total. The van der Waals surface area contributed by atoms with Gasteiger partial charge in [-0.05, 0) is 55.2 Å². The van der Waals surface area contributed by atoms with E-state index < -0.39 is 5.91 Å². The molecule has 2 aliphatic rings. The molecule has 2 atom stereocenters. The van der Waals surface area contributed by atoms with Crippen LogP contribution in [0.15, 0.2) is 41.4 Å². The maximum absolute atomic E-state index is 11.9. The van der Waals surface area contributed by atoms with E-state index in [1.807, 2.05) is 24.3 Å². The summed E-state index contributed by atoms with van der Waals surface area (Å²) in [4.78, 5) is 19.4. The quantitative estimate of drug-likeness (QED) is 0.302. The highest BCUT2D eigenvalue weighted by Crippen LogP contribution is 2.38. The highest BCUT2D eigenvalue weighted by atomic mass is 35.5. The Morgan fingerprint density at radius 1 is 1.11 bits per heavy atom. The van der Waals surface area contributed by atoms with Crippen LogP contribution in [-0.4, -0.2) is 48.5 Å². The van der Waals surface area contributed by atoms with Crippen molar-refractivity contribution in [1.82, 2.24) is 10.2 Å². The summed E-state index contributed by atoms with van der Waals surface area (Å²) in [6, 6.07) is 11.8. The lowest BCUT2D eigenvalue weighted by Gasteiger charge is -2.35. The first-order chi connectivity index (χ1) is 17.3. The van der Waals surface area contributed by atoms with Gasteiger partial charge in [0.2, 0.25) is 5.91 Å². The first-order valence-corrected chi connectivity index (χ1v) is 13.8. The molecule has 0 aromatic heterocycles. The van der Waals surface area contributed by atoms with Gasteiger partial charge in [-0.15, -0.1) is 0 Å². The predicted octanol–water partition coefficient (Wildman–Crippen LogP) is 6.05. The van der Waals surface area contributed by atoms with Crippen LogP contribution in [0, 0.1) is 0 Å². The Morgan fingerprint density at radius 2 is 1.81 bits per heavy atom. The topological polar surface area (TPSA) is 82.8 Å². The summed E-state index contributed by atoms with van der Waals surface area (Å²) in [5.74, 6) is 0.0886. The lowest BCUT2D eigenvalue weighted by atomic mass is 9.88. The van der Waals surface area contributed by atoms with Crippen molar-refractivity contribution in [2.24, 2.45) is 10.7 Å². The van der Waals surface area contributed by atoms with Crippen LogP contribution in [0.2, 0.25) is 15.1 Å². The number of nitrogens with two attached hydrogens (primary N) is 1. The van der Waals surface area contributed by atoms with Gasteiger partial charge in [0, 0.05) is 58.8 Å². The molecule has 0 spiro atoms. The van der Waals surface area contributed by atoms with Crippen molar-refractivity contribution >= 4 is 52.4 Å². The number of rotatable bonds is 6. The number of anilines is 1. The van der Waals surface area contributed by atoms with E-state index in [1.165, 1.54) is 19.3 Å². The maximum Gasteiger partial charge on any atom is 0.218 e. The van der Waals surface area contributed by atoms with Crippen molar-refractivity contribution in [1.29, 1.82) is 0 Å². The van der Waals surface area contributed by atoms with Gasteiger partial charge in [-0.2, -0.15) is 0 Å². The number of benzene rings is 2. The maximum atomic E-state index is 11.9. The summed E-state index contributed by atoms with van der Waals surface area (Å²) in [6.45, 7) is 4.89. The number of piperazine rings is 1. The SMILES string of the molecule is C[C@H]1CN(/C(=N\C2CCCCC2)Nc2ccc(C(CC(N)=O)c3ccc(Cl)cc3Cl)c(Cl)c2)CCN1. The Hall–Kier alpha value is -1.99. The second-order valence-corrected chi connectivity index (χ2v) is 11.0. The number of aliphatic imine (C=N–C) groups is 1. The standard InChI is InChI=1S/C27H34Cl3N5O/c1-17-16-35(12-11-32-17)27(33-19-5-3-2-4-6-19)34-20-8-10-22(25(30)14-20)23(15-26(31)36)21-9-7-18(28)13-24(21)29/h7-10,13-14,17,19,23,32H,2-6,11-12,15-16H2,1H3,(H2,31,36)(H,33,34)/t17-,23?/m0/s1. The average Bonchev–Trinajstić information content (AvgIpc) is 2.83. The Kier molecular flexibility index (Phi) is 9.40. The van der Waals surface area contributed by atoms with Gasteiger partial charge in [0.05, 0.1) is 6.04 Å². The smallest absolute Gasteiger partial charge is 0.218 e. The molecule has 0 bridgehead atoms. The third kappa shape index (κ3) is 7.06. The molecule has 2 aromatic carbocycles. The largest absolute Gasteiger partial charge is 0.370 e. The van der Waals surface area contributed by atoms with Crippen LogP contribution < -0.4 is 16.4 Å². The van der Waals surface area contributed by atoms with Crippen LogP contribution in [0.3, 0.4) is 0 Å². The van der Waals surface area contributed by atoms with Crippen molar-refractivity contribution < 1.29 is 4.79 Å². The van der Waals surface area contributed by atoms with Gasteiger partial charge in [0.1, 0.15) is 0 Å². The fourth-order valence-electron chi connectivity index (χ4n) is 5.09. The van der Waals surface area contributed by atoms with Crippen molar-refractivity contribution in [2.75, 3.05) is 25.0 Å². The summed E-state index contributed by atoms with van der Waals surface area (Å²) in [5.41, 5.74) is 7.98. The van der Waals surface area contributed by atoms with Crippen LogP contribution in [0.5, 0.6) is 0 Å². The molecule has 36 heavy (non-hydrogen) atoms. The highest BCUT2D eigenvalue weighted by Gasteiger charge is 2.24. The van der Waals surface area contributed by atoms with E-state index in [0.717, 1.165) is 55.2 Å². The van der Waals surface area contributed by atoms with Gasteiger partial charge in [-0.1, -0.05) is 66.2 Å². The predicted molar refractivity (Wildman–Crippen MR) is 151 cm³/mol. The van der Waals surface area contributed by atoms with Crippen LogP contribution in [0.1, 0.15) is 62.5 Å². The van der Waals surface area contributed by atoms with Gasteiger partial charge < -0.3 is 21.3 Å². The molecule has 2 fully saturated rings. The van der Waals surface area contributed by atoms with Crippen LogP contribution in [-0.2, 0) is 4.79 Å². The number of halogens is 3. The molecule has 4 N–H and O–H groups in total. The zero-order chi connectivity index (χ0) is 25.7. The third-order valence-electron chi connectivity index (χ3n) is 6.92. The van der Waals surface area contributed by atoms with Gasteiger partial charge >= 0.3 is 0 Å². The Bertz CT molecular complexity index is 1100. The molecule has 4 rings (SSSR count). The van der Waals surface area contributed by atoms with E-state index in [9.17, 15) is 4.79 Å². The van der Waals surface area contributed by atoms with Crippen LogP contribution >= 0.6 is 34.8 Å². The van der Waals surface area contributed by atoms with E-state index in [2.05, 4.69) is 22.5 Å². The number of carbonyl (C=O) groups excluding carboxylic acids is 1. The second-order valence-electron chi connectivity index (χ2n) is 9.80. The lowest BCUT2D eigenvalue weighted by molar-refractivity contribution is -0.118. The van der Waals surface area contributed by atoms with Crippen molar-refractivity contribution in [3.05, 3.63) is 62.6 Å². The molecule has 1 aliphatic carbocycles. The van der Waals surface area contributed by atoms with E-state index in [1.54, 1.807) is 12.1 Å². The lowest BCUT2D eigenvalue weighted by Crippen LogP contribution is -2.53. The number of primary amides is 1. The second kappa shape index (κ2) is 12.5. The number of nitrogens with one attached hydrogen (secondary N) is 2. The van der Waals surface area contributed by atoms with Crippen molar-refractivity contribution in [3.8, 4) is 0 Å². The minimum absolute atomic E-state index is 0.0842. The monoisotopic (exact) mass is 549 g/mol. The number of guanidine groups is 1. The van der Waals surface area contributed by atoms with E-state index in [0.29, 0.717) is 27.2 Å². The first-order valence-electron chi connectivity index (χ1n) is 12.7. The summed E-state index contributed by atoms with van der Waals surface area (Å²) >= 11 is 19.4. The molecular weight excluding hydrogens is 517 g/mol. The van der Waals surface area contributed by atoms with E-state index in [4.69, 9.17) is 45.5 Å². The molecule has 2 aromatic rings. The van der Waals surface area contributed by atoms with Gasteiger partial charge in [-0.25, -0.2) is 4.99 Å². The number of amides is 1. The molecule has 1 amide bonds. The number of nitrogens with zero attached hydrogens (tertiary/aromatic N) is 2. The minimum Gasteiger partial charge on any atom is -0.370 e. The van der Waals surface area contributed by atoms with Gasteiger partial charge in [-0.3, -0.25) is 4.79 Å². The highest BCUT2D eigenvalue weighted by molar-refractivity contribution is 6.35. The van der Waals surface area contributed by atoms with Crippen LogP contribution in [0.4, 0.5) is 5.69 Å². The number of carbonyl (C=O) groups is 1. The molecule has 1 saturated carbocycles. The van der Waals surface area contributed by atoms with Gasteiger partial charge in [0.15, 0.2) is 5.96 Å². The Balaban J connectivity index is 1.62. The molecule has 9 heteroatoms. The third-order valence-corrected chi connectivity index (χ3v) is 7.81. The van der Waals surface area contributed by atoms with Gasteiger partial charge in [0.25, 0.3) is 0 Å². The van der Waals surface area contributed by atoms with E-state index >= 15 is 0 Å². The zero-order valence-corrected chi connectivity index (χ0v) is 22.8. The molecule has 1 saturated heterocycles. The normalized spacial score (nSPS) is 20.3. The molecule has 194 valence electrons. The zero-order valence-electron chi connectivity index (χ0n) is 20.6. The first kappa shape index (κ1) is 27.1. The number of hydrogen-bond acceptors (Lipinski definition) is 3. The molecular formula is C27H34Cl3N5O. The summed E-state index contributed by atoms with van der Waals surface area (Å²) in [7, 11) is 0. The van der Waals surface area contributed by atoms with Crippen LogP contribution in [0.25, 0.3) is 0 Å². The summed E-state index contributed by atoms with van der Waals surface area (Å²) in [6.07, 6.45) is 6.09. The molecule has 0 radical (unpaired) electrons. The fourth-order valence-corrected chi connectivity index (χ4v) is 5.94. The molecule has 1 aliphatic heterocycles. The summed E-state index contributed by atoms with van der Waals surface area (Å²) < 4.78 is 0. The Morgan fingerprint density at radius 3 is 2.44 bits per heavy atom. The summed E-state index contributed by atoms with van der Waals surface area (Å²) in [5, 5.41) is 8.58. The number of hydrogen-bond donors (Lipinski definition) is 3. The average molecular weight is 551 g/mol. The Labute approximate surface area is 228 Å². The molecule has 1 unspecified atom stereocenters. The van der Waals surface area contributed by atoms with E-state index in [-0.39, 0.29) is 12.3 Å². The fraction of sp³-hybridized carbons (Fsp3) is 0.481. The van der Waals surface area contributed by atoms with Crippen molar-refractivity contribution in [3.63, 3.8) is 0 Å². The molecule has 1 heterocycles. The minimum atomic E-state index is -0.431.